The van der Waals surface area contributed by atoms with Crippen LogP contribution in [0.4, 0.5) is 0 Å². The summed E-state index contributed by atoms with van der Waals surface area (Å²) in [7, 11) is 0. The standard InChI is InChI=1S/C20H25N3O/c24-19(20-10-2-1-8-17(20)13-21-14-20)23-12-9-16-6-3-5-15-7-4-11-22-18(15)16/h3-7,11,17,21H,1-2,8-10,12-14H2,(H,23,24)/t17-,20+/m0/s1. The summed E-state index contributed by atoms with van der Waals surface area (Å²) in [6, 6.07) is 10.3. The molecule has 4 nitrogen and oxygen atoms in total. The van der Waals surface area contributed by atoms with Crippen molar-refractivity contribution in [3.05, 3.63) is 42.1 Å². The summed E-state index contributed by atoms with van der Waals surface area (Å²) in [6.45, 7) is 2.53. The van der Waals surface area contributed by atoms with E-state index in [1.165, 1.54) is 24.8 Å². The van der Waals surface area contributed by atoms with Gasteiger partial charge < -0.3 is 10.6 Å². The Hall–Kier alpha value is -1.94. The van der Waals surface area contributed by atoms with Crippen molar-refractivity contribution in [1.29, 1.82) is 0 Å². The molecular formula is C20H25N3O. The minimum Gasteiger partial charge on any atom is -0.355 e. The van der Waals surface area contributed by atoms with Gasteiger partial charge in [-0.3, -0.25) is 9.78 Å². The summed E-state index contributed by atoms with van der Waals surface area (Å²) in [6.07, 6.45) is 7.33. The number of benzene rings is 1. The molecule has 1 saturated heterocycles. The van der Waals surface area contributed by atoms with Crippen LogP contribution in [-0.4, -0.2) is 30.5 Å². The van der Waals surface area contributed by atoms with Gasteiger partial charge >= 0.3 is 0 Å². The highest BCUT2D eigenvalue weighted by molar-refractivity contribution is 5.84. The largest absolute Gasteiger partial charge is 0.355 e. The first-order chi connectivity index (χ1) is 11.8. The Balaban J connectivity index is 1.42. The monoisotopic (exact) mass is 323 g/mol. The second-order valence-corrected chi connectivity index (χ2v) is 7.23. The van der Waals surface area contributed by atoms with E-state index in [1.807, 2.05) is 12.3 Å². The fourth-order valence-corrected chi connectivity index (χ4v) is 4.55. The van der Waals surface area contributed by atoms with Gasteiger partial charge in [0.15, 0.2) is 0 Å². The van der Waals surface area contributed by atoms with E-state index < -0.39 is 0 Å². The lowest BCUT2D eigenvalue weighted by Gasteiger charge is -2.37. The highest BCUT2D eigenvalue weighted by Gasteiger charge is 2.49. The number of amides is 1. The molecule has 0 radical (unpaired) electrons. The highest BCUT2D eigenvalue weighted by Crippen LogP contribution is 2.43. The molecule has 1 aliphatic heterocycles. The van der Waals surface area contributed by atoms with Gasteiger partial charge in [-0.25, -0.2) is 0 Å². The van der Waals surface area contributed by atoms with Gasteiger partial charge in [-0.05, 0) is 43.4 Å². The number of aromatic nitrogens is 1. The van der Waals surface area contributed by atoms with Crippen LogP contribution in [0.3, 0.4) is 0 Å². The number of carbonyl (C=O) groups excluding carboxylic acids is 1. The molecule has 1 aromatic carbocycles. The quantitative estimate of drug-likeness (QED) is 0.909. The molecule has 2 heterocycles. The number of rotatable bonds is 4. The Bertz CT molecular complexity index is 739. The van der Waals surface area contributed by atoms with Crippen molar-refractivity contribution in [2.75, 3.05) is 19.6 Å². The predicted molar refractivity (Wildman–Crippen MR) is 95.7 cm³/mol. The molecule has 1 saturated carbocycles. The van der Waals surface area contributed by atoms with Gasteiger partial charge in [-0.1, -0.05) is 37.1 Å². The molecule has 1 amide bonds. The first-order valence-electron chi connectivity index (χ1n) is 9.11. The molecule has 1 aliphatic carbocycles. The van der Waals surface area contributed by atoms with Gasteiger partial charge in [0.2, 0.25) is 5.91 Å². The third-order valence-corrected chi connectivity index (χ3v) is 5.89. The van der Waals surface area contributed by atoms with Crippen molar-refractivity contribution in [3.8, 4) is 0 Å². The van der Waals surface area contributed by atoms with Crippen molar-refractivity contribution in [2.45, 2.75) is 32.1 Å². The van der Waals surface area contributed by atoms with Crippen LogP contribution in [0.15, 0.2) is 36.5 Å². The third-order valence-electron chi connectivity index (χ3n) is 5.89. The lowest BCUT2D eigenvalue weighted by molar-refractivity contribution is -0.133. The van der Waals surface area contributed by atoms with Crippen molar-refractivity contribution >= 4 is 16.8 Å². The number of nitrogens with one attached hydrogen (secondary N) is 2. The van der Waals surface area contributed by atoms with Gasteiger partial charge in [0.25, 0.3) is 0 Å². The lowest BCUT2D eigenvalue weighted by Crippen LogP contribution is -2.48. The number of hydrogen-bond donors (Lipinski definition) is 2. The summed E-state index contributed by atoms with van der Waals surface area (Å²) in [5.74, 6) is 0.774. The van der Waals surface area contributed by atoms with Crippen LogP contribution < -0.4 is 10.6 Å². The molecule has 126 valence electrons. The van der Waals surface area contributed by atoms with E-state index in [-0.39, 0.29) is 11.3 Å². The van der Waals surface area contributed by atoms with Gasteiger partial charge in [0, 0.05) is 24.7 Å². The maximum Gasteiger partial charge on any atom is 0.227 e. The van der Waals surface area contributed by atoms with Crippen LogP contribution in [0.5, 0.6) is 0 Å². The van der Waals surface area contributed by atoms with Crippen molar-refractivity contribution < 1.29 is 4.79 Å². The summed E-state index contributed by atoms with van der Waals surface area (Å²) < 4.78 is 0. The number of nitrogens with zero attached hydrogens (tertiary/aromatic N) is 1. The molecule has 4 rings (SSSR count). The molecule has 2 aliphatic rings. The van der Waals surface area contributed by atoms with Crippen LogP contribution in [-0.2, 0) is 11.2 Å². The van der Waals surface area contributed by atoms with Gasteiger partial charge in [-0.15, -0.1) is 0 Å². The van der Waals surface area contributed by atoms with Gasteiger partial charge in [0.1, 0.15) is 0 Å². The first-order valence-corrected chi connectivity index (χ1v) is 9.11. The second kappa shape index (κ2) is 6.52. The fraction of sp³-hybridized carbons (Fsp3) is 0.500. The fourth-order valence-electron chi connectivity index (χ4n) is 4.55. The van der Waals surface area contributed by atoms with E-state index in [0.717, 1.165) is 36.8 Å². The molecule has 24 heavy (non-hydrogen) atoms. The molecule has 2 N–H and O–H groups in total. The molecule has 0 unspecified atom stereocenters. The Morgan fingerprint density at radius 2 is 2.21 bits per heavy atom. The molecular weight excluding hydrogens is 298 g/mol. The van der Waals surface area contributed by atoms with E-state index in [2.05, 4.69) is 39.9 Å². The van der Waals surface area contributed by atoms with Crippen molar-refractivity contribution in [2.24, 2.45) is 11.3 Å². The van der Waals surface area contributed by atoms with E-state index >= 15 is 0 Å². The topological polar surface area (TPSA) is 54.0 Å². The lowest BCUT2D eigenvalue weighted by atomic mass is 9.67. The Morgan fingerprint density at radius 3 is 3.17 bits per heavy atom. The molecule has 0 spiro atoms. The molecule has 2 fully saturated rings. The predicted octanol–water partition coefficient (Wildman–Crippen LogP) is 2.67. The summed E-state index contributed by atoms with van der Waals surface area (Å²) in [4.78, 5) is 17.4. The summed E-state index contributed by atoms with van der Waals surface area (Å²) in [5, 5.41) is 7.83. The van der Waals surface area contributed by atoms with Crippen LogP contribution in [0, 0.1) is 11.3 Å². The Morgan fingerprint density at radius 1 is 1.29 bits per heavy atom. The average Bonchev–Trinajstić information content (AvgIpc) is 3.07. The first kappa shape index (κ1) is 15.6. The van der Waals surface area contributed by atoms with Crippen LogP contribution in [0.25, 0.3) is 10.9 Å². The minimum absolute atomic E-state index is 0.157. The van der Waals surface area contributed by atoms with Crippen LogP contribution in [0.2, 0.25) is 0 Å². The molecule has 1 aromatic heterocycles. The zero-order valence-corrected chi connectivity index (χ0v) is 14.1. The van der Waals surface area contributed by atoms with Gasteiger partial charge in [0.05, 0.1) is 10.9 Å². The maximum atomic E-state index is 12.9. The molecule has 2 aromatic rings. The van der Waals surface area contributed by atoms with E-state index in [9.17, 15) is 4.79 Å². The summed E-state index contributed by atoms with van der Waals surface area (Å²) >= 11 is 0. The van der Waals surface area contributed by atoms with Crippen LogP contribution in [0.1, 0.15) is 31.2 Å². The molecule has 4 heteroatoms. The average molecular weight is 323 g/mol. The number of hydrogen-bond acceptors (Lipinski definition) is 3. The third kappa shape index (κ3) is 2.69. The van der Waals surface area contributed by atoms with E-state index in [1.54, 1.807) is 0 Å². The SMILES string of the molecule is O=C(NCCc1cccc2cccnc12)[C@@]12CCCC[C@H]1CNC2. The Labute approximate surface area is 143 Å². The van der Waals surface area contributed by atoms with E-state index in [0.29, 0.717) is 12.5 Å². The number of carbonyl (C=O) groups is 1. The van der Waals surface area contributed by atoms with E-state index in [4.69, 9.17) is 0 Å². The maximum absolute atomic E-state index is 12.9. The van der Waals surface area contributed by atoms with Crippen molar-refractivity contribution in [1.82, 2.24) is 15.6 Å². The number of para-hydroxylation sites is 1. The summed E-state index contributed by atoms with van der Waals surface area (Å²) in [5.41, 5.74) is 2.09. The van der Waals surface area contributed by atoms with Gasteiger partial charge in [-0.2, -0.15) is 0 Å². The van der Waals surface area contributed by atoms with Crippen LogP contribution >= 0.6 is 0 Å². The number of pyridine rings is 1. The molecule has 2 atom stereocenters. The molecule has 0 bridgehead atoms. The second-order valence-electron chi connectivity index (χ2n) is 7.23. The normalized spacial score (nSPS) is 26.2. The minimum atomic E-state index is -0.157. The highest BCUT2D eigenvalue weighted by atomic mass is 16.2. The van der Waals surface area contributed by atoms with Crippen molar-refractivity contribution in [3.63, 3.8) is 0 Å². The zero-order valence-electron chi connectivity index (χ0n) is 14.1. The zero-order chi connectivity index (χ0) is 16.4. The Kier molecular flexibility index (Phi) is 4.23. The smallest absolute Gasteiger partial charge is 0.227 e. The number of fused-ring (bicyclic) bond motifs is 2.